The Hall–Kier alpha value is -2.08. The van der Waals surface area contributed by atoms with Crippen molar-refractivity contribution >= 4 is 11.8 Å². The summed E-state index contributed by atoms with van der Waals surface area (Å²) in [5.41, 5.74) is 6.52. The number of methoxy groups -OCH3 is 1. The first-order chi connectivity index (χ1) is 12.1. The Morgan fingerprint density at radius 2 is 1.80 bits per heavy atom. The molecule has 2 amide bonds. The predicted octanol–water partition coefficient (Wildman–Crippen LogP) is 1.18. The standard InChI is InChI=1S/C19H27N3O3/c1-25-16-6-4-14(5-7-16)13-18(23)21-11-8-15(9-12-21)22-10-2-3-17(22)19(20)24/h4-7,15,17H,2-3,8-13H2,1H3,(H2,20,24)/t17-/m1/s1. The zero-order chi connectivity index (χ0) is 17.8. The van der Waals surface area contributed by atoms with Gasteiger partial charge in [0.15, 0.2) is 0 Å². The maximum Gasteiger partial charge on any atom is 0.234 e. The fraction of sp³-hybridized carbons (Fsp3) is 0.579. The maximum atomic E-state index is 12.5. The predicted molar refractivity (Wildman–Crippen MR) is 95.2 cm³/mol. The lowest BCUT2D eigenvalue weighted by Gasteiger charge is -2.38. The minimum absolute atomic E-state index is 0.119. The highest BCUT2D eigenvalue weighted by Crippen LogP contribution is 2.26. The van der Waals surface area contributed by atoms with E-state index in [0.717, 1.165) is 56.6 Å². The number of amides is 2. The Balaban J connectivity index is 1.51. The van der Waals surface area contributed by atoms with Crippen LogP contribution in [0.3, 0.4) is 0 Å². The molecule has 0 aromatic heterocycles. The monoisotopic (exact) mass is 345 g/mol. The minimum atomic E-state index is -0.212. The molecule has 0 unspecified atom stereocenters. The summed E-state index contributed by atoms with van der Waals surface area (Å²) < 4.78 is 5.14. The van der Waals surface area contributed by atoms with Gasteiger partial charge in [-0.25, -0.2) is 0 Å². The van der Waals surface area contributed by atoms with Gasteiger partial charge < -0.3 is 15.4 Å². The third-order valence-corrected chi connectivity index (χ3v) is 5.42. The van der Waals surface area contributed by atoms with Crippen LogP contribution < -0.4 is 10.5 Å². The van der Waals surface area contributed by atoms with E-state index in [1.54, 1.807) is 7.11 Å². The second-order valence-corrected chi connectivity index (χ2v) is 6.94. The molecule has 2 aliphatic rings. The molecule has 1 aromatic carbocycles. The normalized spacial score (nSPS) is 22.1. The molecule has 0 saturated carbocycles. The van der Waals surface area contributed by atoms with Crippen LogP contribution in [-0.2, 0) is 16.0 Å². The van der Waals surface area contributed by atoms with Crippen molar-refractivity contribution in [3.63, 3.8) is 0 Å². The Labute approximate surface area is 148 Å². The number of nitrogens with two attached hydrogens (primary N) is 1. The lowest BCUT2D eigenvalue weighted by Crippen LogP contribution is -2.51. The van der Waals surface area contributed by atoms with Crippen LogP contribution in [0.25, 0.3) is 0 Å². The first-order valence-corrected chi connectivity index (χ1v) is 9.04. The van der Waals surface area contributed by atoms with Gasteiger partial charge in [0.05, 0.1) is 19.6 Å². The SMILES string of the molecule is COc1ccc(CC(=O)N2CCC(N3CCC[C@@H]3C(N)=O)CC2)cc1. The third-order valence-electron chi connectivity index (χ3n) is 5.42. The number of likely N-dealkylation sites (tertiary alicyclic amines) is 2. The molecule has 136 valence electrons. The summed E-state index contributed by atoms with van der Waals surface area (Å²) in [5.74, 6) is 0.749. The highest BCUT2D eigenvalue weighted by atomic mass is 16.5. The zero-order valence-electron chi connectivity index (χ0n) is 14.8. The van der Waals surface area contributed by atoms with E-state index in [0.29, 0.717) is 12.5 Å². The van der Waals surface area contributed by atoms with Crippen molar-refractivity contribution in [3.05, 3.63) is 29.8 Å². The molecule has 0 radical (unpaired) electrons. The van der Waals surface area contributed by atoms with Gasteiger partial charge in [0, 0.05) is 19.1 Å². The number of hydrogen-bond donors (Lipinski definition) is 1. The summed E-state index contributed by atoms with van der Waals surface area (Å²) in [6, 6.07) is 7.88. The molecule has 0 bridgehead atoms. The van der Waals surface area contributed by atoms with Crippen molar-refractivity contribution in [2.24, 2.45) is 5.73 Å². The van der Waals surface area contributed by atoms with Crippen LogP contribution in [-0.4, -0.2) is 60.4 Å². The summed E-state index contributed by atoms with van der Waals surface area (Å²) >= 11 is 0. The average molecular weight is 345 g/mol. The van der Waals surface area contributed by atoms with Crippen molar-refractivity contribution < 1.29 is 14.3 Å². The number of carbonyl (C=O) groups excluding carboxylic acids is 2. The van der Waals surface area contributed by atoms with Crippen molar-refractivity contribution in [2.45, 2.75) is 44.2 Å². The van der Waals surface area contributed by atoms with Gasteiger partial charge in [-0.2, -0.15) is 0 Å². The van der Waals surface area contributed by atoms with E-state index in [4.69, 9.17) is 10.5 Å². The number of ether oxygens (including phenoxy) is 1. The summed E-state index contributed by atoms with van der Waals surface area (Å²) in [5, 5.41) is 0. The molecule has 25 heavy (non-hydrogen) atoms. The highest BCUT2D eigenvalue weighted by Gasteiger charge is 2.36. The molecule has 2 N–H and O–H groups in total. The molecule has 2 fully saturated rings. The zero-order valence-corrected chi connectivity index (χ0v) is 14.8. The molecule has 3 rings (SSSR count). The fourth-order valence-electron chi connectivity index (χ4n) is 4.01. The lowest BCUT2D eigenvalue weighted by molar-refractivity contribution is -0.133. The summed E-state index contributed by atoms with van der Waals surface area (Å²) in [6.07, 6.45) is 4.15. The first kappa shape index (κ1) is 17.7. The largest absolute Gasteiger partial charge is 0.497 e. The summed E-state index contributed by atoms with van der Waals surface area (Å²) in [7, 11) is 1.63. The quantitative estimate of drug-likeness (QED) is 0.869. The number of hydrogen-bond acceptors (Lipinski definition) is 4. The van der Waals surface area contributed by atoms with Gasteiger partial charge >= 0.3 is 0 Å². The van der Waals surface area contributed by atoms with Gasteiger partial charge in [-0.15, -0.1) is 0 Å². The van der Waals surface area contributed by atoms with Crippen LogP contribution in [0.1, 0.15) is 31.2 Å². The summed E-state index contributed by atoms with van der Waals surface area (Å²) in [4.78, 5) is 28.3. The van der Waals surface area contributed by atoms with Crippen LogP contribution >= 0.6 is 0 Å². The third kappa shape index (κ3) is 4.12. The van der Waals surface area contributed by atoms with Gasteiger partial charge in [0.2, 0.25) is 11.8 Å². The smallest absolute Gasteiger partial charge is 0.234 e. The molecule has 2 heterocycles. The van der Waals surface area contributed by atoms with E-state index >= 15 is 0 Å². The van der Waals surface area contributed by atoms with E-state index < -0.39 is 0 Å². The van der Waals surface area contributed by atoms with E-state index in [-0.39, 0.29) is 17.9 Å². The van der Waals surface area contributed by atoms with Crippen molar-refractivity contribution in [1.29, 1.82) is 0 Å². The molecule has 2 aliphatic heterocycles. The van der Waals surface area contributed by atoms with Gasteiger partial charge in [0.25, 0.3) is 0 Å². The number of rotatable bonds is 5. The van der Waals surface area contributed by atoms with Crippen molar-refractivity contribution in [2.75, 3.05) is 26.7 Å². The number of nitrogens with zero attached hydrogens (tertiary/aromatic N) is 2. The Kier molecular flexibility index (Phi) is 5.58. The fourth-order valence-corrected chi connectivity index (χ4v) is 4.01. The summed E-state index contributed by atoms with van der Waals surface area (Å²) in [6.45, 7) is 2.45. The maximum absolute atomic E-state index is 12.5. The molecule has 0 spiro atoms. The molecule has 1 aromatic rings. The van der Waals surface area contributed by atoms with Gasteiger partial charge in [0.1, 0.15) is 5.75 Å². The van der Waals surface area contributed by atoms with Crippen LogP contribution in [0.4, 0.5) is 0 Å². The first-order valence-electron chi connectivity index (χ1n) is 9.04. The second-order valence-electron chi connectivity index (χ2n) is 6.94. The number of carbonyl (C=O) groups is 2. The van der Waals surface area contributed by atoms with Crippen molar-refractivity contribution in [1.82, 2.24) is 9.80 Å². The molecule has 2 saturated heterocycles. The van der Waals surface area contributed by atoms with Crippen LogP contribution in [0.5, 0.6) is 5.75 Å². The van der Waals surface area contributed by atoms with E-state index in [9.17, 15) is 9.59 Å². The van der Waals surface area contributed by atoms with Gasteiger partial charge in [-0.05, 0) is 49.9 Å². The molecule has 6 nitrogen and oxygen atoms in total. The van der Waals surface area contributed by atoms with Crippen LogP contribution in [0, 0.1) is 0 Å². The Bertz CT molecular complexity index is 609. The molecule has 6 heteroatoms. The number of benzene rings is 1. The van der Waals surface area contributed by atoms with Gasteiger partial charge in [-0.3, -0.25) is 14.5 Å². The Morgan fingerprint density at radius 1 is 1.12 bits per heavy atom. The van der Waals surface area contributed by atoms with Crippen molar-refractivity contribution in [3.8, 4) is 5.75 Å². The van der Waals surface area contributed by atoms with Gasteiger partial charge in [-0.1, -0.05) is 12.1 Å². The molecular formula is C19H27N3O3. The van der Waals surface area contributed by atoms with E-state index in [2.05, 4.69) is 4.90 Å². The molecule has 1 atom stereocenters. The second kappa shape index (κ2) is 7.87. The number of piperidine rings is 1. The lowest BCUT2D eigenvalue weighted by atomic mass is 10.0. The molecule has 0 aliphatic carbocycles. The topological polar surface area (TPSA) is 75.9 Å². The molecular weight excluding hydrogens is 318 g/mol. The Morgan fingerprint density at radius 3 is 2.40 bits per heavy atom. The minimum Gasteiger partial charge on any atom is -0.497 e. The van der Waals surface area contributed by atoms with Crippen LogP contribution in [0.2, 0.25) is 0 Å². The van der Waals surface area contributed by atoms with E-state index in [1.165, 1.54) is 0 Å². The number of primary amides is 1. The van der Waals surface area contributed by atoms with Crippen LogP contribution in [0.15, 0.2) is 24.3 Å². The van der Waals surface area contributed by atoms with E-state index in [1.807, 2.05) is 29.2 Å². The average Bonchev–Trinajstić information content (AvgIpc) is 3.12. The highest BCUT2D eigenvalue weighted by molar-refractivity contribution is 5.80.